The summed E-state index contributed by atoms with van der Waals surface area (Å²) in [5, 5.41) is 0. The highest BCUT2D eigenvalue weighted by atomic mass is 19.1. The highest BCUT2D eigenvalue weighted by Crippen LogP contribution is 2.47. The molecule has 3 rings (SSSR count). The van der Waals surface area contributed by atoms with Gasteiger partial charge in [0.05, 0.1) is 11.6 Å². The second kappa shape index (κ2) is 8.98. The maximum Gasteiger partial charge on any atom is 0.329 e. The van der Waals surface area contributed by atoms with Crippen molar-refractivity contribution in [1.29, 1.82) is 0 Å². The fraction of sp³-hybridized carbons (Fsp3) is 0.667. The van der Waals surface area contributed by atoms with Crippen LogP contribution in [-0.2, 0) is 4.65 Å². The van der Waals surface area contributed by atoms with Crippen LogP contribution in [0.15, 0.2) is 40.6 Å². The average molecular weight is 347 g/mol. The van der Waals surface area contributed by atoms with Crippen LogP contribution in [0.3, 0.4) is 0 Å². The van der Waals surface area contributed by atoms with Crippen LogP contribution in [-0.4, -0.2) is 24.8 Å². The van der Waals surface area contributed by atoms with Crippen LogP contribution in [0.4, 0.5) is 4.39 Å². The van der Waals surface area contributed by atoms with Crippen molar-refractivity contribution in [2.45, 2.75) is 79.8 Å². The molecule has 2 aliphatic heterocycles. The van der Waals surface area contributed by atoms with E-state index in [2.05, 4.69) is 38.8 Å². The van der Waals surface area contributed by atoms with E-state index in [4.69, 9.17) is 4.65 Å². The lowest BCUT2D eigenvalue weighted by atomic mass is 9.53. The van der Waals surface area contributed by atoms with Crippen LogP contribution in [0.25, 0.3) is 0 Å². The molecule has 25 heavy (non-hydrogen) atoms. The summed E-state index contributed by atoms with van der Waals surface area (Å²) in [5.74, 6) is -0.0684. The molecular formula is C21H35BFNO. The molecule has 2 unspecified atom stereocenters. The smallest absolute Gasteiger partial charge is 0.329 e. The number of fused-ring (bicyclic) bond motifs is 2. The molecule has 2 nitrogen and oxygen atoms in total. The van der Waals surface area contributed by atoms with E-state index in [1.54, 1.807) is 6.08 Å². The third-order valence-corrected chi connectivity index (χ3v) is 5.32. The Bertz CT molecular complexity index is 544. The van der Waals surface area contributed by atoms with Gasteiger partial charge in [0.25, 0.3) is 0 Å². The number of nitrogens with zero attached hydrogens (tertiary/aromatic N) is 1. The van der Waals surface area contributed by atoms with Crippen molar-refractivity contribution in [3.05, 3.63) is 35.6 Å². The third-order valence-electron chi connectivity index (χ3n) is 5.32. The van der Waals surface area contributed by atoms with Gasteiger partial charge in [-0.1, -0.05) is 53.7 Å². The zero-order valence-corrected chi connectivity index (χ0v) is 17.3. The maximum atomic E-state index is 13.6. The van der Waals surface area contributed by atoms with E-state index in [0.29, 0.717) is 0 Å². The standard InChI is InChI=1S/C17H23BFNO.2C2H6/c1-16(2)11-18(21-17(16,3)4)13-7-12-8-14(19)5-6-15(9-12)20-10-13;2*1-2/h5-8,10,12,15H,9,11H2,1-4H3;2*1-2H3. The molecule has 0 N–H and O–H groups in total. The molecule has 0 spiro atoms. The predicted octanol–water partition coefficient (Wildman–Crippen LogP) is 6.21. The van der Waals surface area contributed by atoms with Gasteiger partial charge in [0, 0.05) is 12.1 Å². The van der Waals surface area contributed by atoms with Gasteiger partial charge in [0.1, 0.15) is 5.83 Å². The molecule has 3 aliphatic rings. The van der Waals surface area contributed by atoms with E-state index in [1.807, 2.05) is 40.0 Å². The molecule has 0 aromatic carbocycles. The van der Waals surface area contributed by atoms with E-state index < -0.39 is 0 Å². The quantitative estimate of drug-likeness (QED) is 0.517. The van der Waals surface area contributed by atoms with Gasteiger partial charge in [0.15, 0.2) is 0 Å². The zero-order chi connectivity index (χ0) is 19.3. The first-order chi connectivity index (χ1) is 11.8. The summed E-state index contributed by atoms with van der Waals surface area (Å²) in [6.07, 6.45) is 10.9. The summed E-state index contributed by atoms with van der Waals surface area (Å²) in [4.78, 5) is 4.60. The highest BCUT2D eigenvalue weighted by molar-refractivity contribution is 6.66. The van der Waals surface area contributed by atoms with Gasteiger partial charge in [-0.15, -0.1) is 0 Å². The Labute approximate surface area is 154 Å². The Hall–Kier alpha value is -1.16. The van der Waals surface area contributed by atoms with Crippen LogP contribution in [0.5, 0.6) is 0 Å². The van der Waals surface area contributed by atoms with Crippen molar-refractivity contribution in [1.82, 2.24) is 0 Å². The normalized spacial score (nSPS) is 28.4. The fourth-order valence-electron chi connectivity index (χ4n) is 3.23. The lowest BCUT2D eigenvalue weighted by Crippen LogP contribution is -2.34. The van der Waals surface area contributed by atoms with Crippen molar-refractivity contribution < 1.29 is 9.04 Å². The largest absolute Gasteiger partial charge is 0.425 e. The van der Waals surface area contributed by atoms with E-state index in [-0.39, 0.29) is 35.7 Å². The van der Waals surface area contributed by atoms with Crippen LogP contribution < -0.4 is 0 Å². The van der Waals surface area contributed by atoms with E-state index in [1.165, 1.54) is 6.08 Å². The summed E-state index contributed by atoms with van der Waals surface area (Å²) >= 11 is 0. The van der Waals surface area contributed by atoms with Gasteiger partial charge in [0.2, 0.25) is 0 Å². The number of hydrogen-bond donors (Lipinski definition) is 0. The molecule has 0 amide bonds. The molecular weight excluding hydrogens is 312 g/mol. The number of rotatable bonds is 1. The third kappa shape index (κ3) is 5.16. The summed E-state index contributed by atoms with van der Waals surface area (Å²) in [6, 6.07) is 0.0654. The van der Waals surface area contributed by atoms with E-state index >= 15 is 0 Å². The molecule has 0 saturated carbocycles. The lowest BCUT2D eigenvalue weighted by molar-refractivity contribution is 0.0372. The fourth-order valence-corrected chi connectivity index (χ4v) is 3.23. The molecule has 0 aromatic rings. The molecule has 0 radical (unpaired) electrons. The second-order valence-corrected chi connectivity index (χ2v) is 7.53. The van der Waals surface area contributed by atoms with Crippen molar-refractivity contribution >= 4 is 13.1 Å². The van der Waals surface area contributed by atoms with Crippen LogP contribution >= 0.6 is 0 Å². The van der Waals surface area contributed by atoms with Gasteiger partial charge in [-0.05, 0) is 49.6 Å². The minimum atomic E-state index is -0.164. The Balaban J connectivity index is 0.000000730. The minimum Gasteiger partial charge on any atom is -0.425 e. The number of aliphatic imine (C=N–C) groups is 1. The molecule has 2 bridgehead atoms. The molecule has 4 heteroatoms. The summed E-state index contributed by atoms with van der Waals surface area (Å²) in [5.41, 5.74) is 1.05. The summed E-state index contributed by atoms with van der Waals surface area (Å²) in [6.45, 7) is 16.8. The average Bonchev–Trinajstić information content (AvgIpc) is 2.77. The van der Waals surface area contributed by atoms with E-state index in [9.17, 15) is 4.39 Å². The molecule has 1 fully saturated rings. The molecule has 1 saturated heterocycles. The monoisotopic (exact) mass is 347 g/mol. The van der Waals surface area contributed by atoms with Crippen molar-refractivity contribution in [3.63, 3.8) is 0 Å². The van der Waals surface area contributed by atoms with Gasteiger partial charge in [-0.25, -0.2) is 4.39 Å². The van der Waals surface area contributed by atoms with Crippen molar-refractivity contribution in [3.8, 4) is 0 Å². The molecule has 0 aromatic heterocycles. The Morgan fingerprint density at radius 1 is 1.12 bits per heavy atom. The van der Waals surface area contributed by atoms with Crippen molar-refractivity contribution in [2.24, 2.45) is 16.3 Å². The first-order valence-corrected chi connectivity index (χ1v) is 9.75. The van der Waals surface area contributed by atoms with Crippen molar-refractivity contribution in [2.75, 3.05) is 0 Å². The first kappa shape index (κ1) is 21.9. The Morgan fingerprint density at radius 2 is 1.76 bits per heavy atom. The van der Waals surface area contributed by atoms with Crippen LogP contribution in [0.2, 0.25) is 6.32 Å². The van der Waals surface area contributed by atoms with Gasteiger partial charge in [-0.3, -0.25) is 4.99 Å². The van der Waals surface area contributed by atoms with Gasteiger partial charge < -0.3 is 4.65 Å². The first-order valence-electron chi connectivity index (χ1n) is 9.75. The number of halogens is 1. The van der Waals surface area contributed by atoms with Gasteiger partial charge in [-0.2, -0.15) is 0 Å². The predicted molar refractivity (Wildman–Crippen MR) is 109 cm³/mol. The molecule has 140 valence electrons. The SMILES string of the molecule is CC.CC.CC1(C)CB(C2=CC3C=C(F)C=CC(C3)N=C2)OC1(C)C. The lowest BCUT2D eigenvalue weighted by Gasteiger charge is -2.34. The topological polar surface area (TPSA) is 21.6 Å². The summed E-state index contributed by atoms with van der Waals surface area (Å²) in [7, 11) is 0. The Morgan fingerprint density at radius 3 is 2.32 bits per heavy atom. The number of hydrogen-bond acceptors (Lipinski definition) is 2. The highest BCUT2D eigenvalue weighted by Gasteiger charge is 2.50. The van der Waals surface area contributed by atoms with Gasteiger partial charge >= 0.3 is 6.92 Å². The molecule has 1 aliphatic carbocycles. The van der Waals surface area contributed by atoms with Crippen LogP contribution in [0.1, 0.15) is 61.8 Å². The number of allylic oxidation sites excluding steroid dienone is 5. The van der Waals surface area contributed by atoms with Crippen LogP contribution in [0, 0.1) is 11.3 Å². The maximum absolute atomic E-state index is 13.6. The minimum absolute atomic E-state index is 0.0554. The van der Waals surface area contributed by atoms with E-state index in [0.717, 1.165) is 18.2 Å². The molecule has 2 heterocycles. The molecule has 2 atom stereocenters. The Kier molecular flexibility index (Phi) is 7.86. The second-order valence-electron chi connectivity index (χ2n) is 7.53. The summed E-state index contributed by atoms with van der Waals surface area (Å²) < 4.78 is 19.9. The zero-order valence-electron chi connectivity index (χ0n) is 17.3.